The van der Waals surface area contributed by atoms with Crippen LogP contribution in [0, 0.1) is 11.7 Å². The number of fused-ring (bicyclic) bond motifs is 1. The minimum atomic E-state index is -4.86. The molecule has 2 heterocycles. The van der Waals surface area contributed by atoms with Gasteiger partial charge in [0.25, 0.3) is 0 Å². The third kappa shape index (κ3) is 4.99. The second-order valence-corrected chi connectivity index (χ2v) is 8.56. The molecule has 0 bridgehead atoms. The Labute approximate surface area is 204 Å². The summed E-state index contributed by atoms with van der Waals surface area (Å²) in [5, 5.41) is 19.5. The van der Waals surface area contributed by atoms with Crippen molar-refractivity contribution in [2.24, 2.45) is 5.92 Å². The molecule has 0 saturated heterocycles. The molecular formula is C26H23F4NO5. The molecule has 0 aliphatic carbocycles. The van der Waals surface area contributed by atoms with E-state index in [2.05, 4.69) is 4.98 Å². The summed E-state index contributed by atoms with van der Waals surface area (Å²) in [6.45, 7) is 1.37. The van der Waals surface area contributed by atoms with Crippen LogP contribution in [-0.4, -0.2) is 28.3 Å². The molecule has 0 radical (unpaired) electrons. The van der Waals surface area contributed by atoms with Crippen molar-refractivity contribution in [1.82, 2.24) is 4.98 Å². The Bertz CT molecular complexity index is 1290. The number of rotatable bonds is 6. The van der Waals surface area contributed by atoms with E-state index in [1.807, 2.05) is 0 Å². The molecule has 1 aliphatic heterocycles. The van der Waals surface area contributed by atoms with E-state index in [-0.39, 0.29) is 17.0 Å². The molecule has 0 amide bonds. The number of carboxylic acid groups (broad SMARTS) is 1. The number of ether oxygens (including phenoxy) is 2. The smallest absolute Gasteiger partial charge is 0.433 e. The number of aryl methyl sites for hydroxylation is 1. The molecule has 36 heavy (non-hydrogen) atoms. The summed E-state index contributed by atoms with van der Waals surface area (Å²) in [5.41, 5.74) is -0.854. The van der Waals surface area contributed by atoms with Gasteiger partial charge >= 0.3 is 12.1 Å². The zero-order valence-corrected chi connectivity index (χ0v) is 19.3. The fourth-order valence-electron chi connectivity index (χ4n) is 4.13. The van der Waals surface area contributed by atoms with Crippen LogP contribution in [0.4, 0.5) is 17.6 Å². The monoisotopic (exact) mass is 505 g/mol. The van der Waals surface area contributed by atoms with Gasteiger partial charge in [0, 0.05) is 11.1 Å². The van der Waals surface area contributed by atoms with Gasteiger partial charge in [-0.1, -0.05) is 18.2 Å². The number of nitrogens with zero attached hydrogens (tertiary/aromatic N) is 1. The minimum absolute atomic E-state index is 0.0184. The summed E-state index contributed by atoms with van der Waals surface area (Å²) in [6.07, 6.45) is -6.16. The molecule has 2 N–H and O–H groups in total. The Morgan fingerprint density at radius 3 is 2.56 bits per heavy atom. The van der Waals surface area contributed by atoms with Crippen molar-refractivity contribution in [3.63, 3.8) is 0 Å². The average Bonchev–Trinajstić information content (AvgIpc) is 2.86. The molecule has 0 saturated carbocycles. The Morgan fingerprint density at radius 2 is 1.89 bits per heavy atom. The Kier molecular flexibility index (Phi) is 6.90. The summed E-state index contributed by atoms with van der Waals surface area (Å²) in [4.78, 5) is 15.1. The van der Waals surface area contributed by atoms with Gasteiger partial charge in [-0.15, -0.1) is 0 Å². The van der Waals surface area contributed by atoms with Crippen LogP contribution in [0.1, 0.15) is 48.1 Å². The number of aliphatic hydroxyl groups excluding tert-OH is 1. The highest BCUT2D eigenvalue weighted by Crippen LogP contribution is 2.41. The molecule has 190 valence electrons. The normalized spacial score (nSPS) is 17.0. The van der Waals surface area contributed by atoms with Gasteiger partial charge in [0.2, 0.25) is 0 Å². The SMILES string of the molecule is COc1ccc(F)c(-c2ccc(C3CCc4ccc([C@H](O)[C@H](C)C(=O)O)cc4O3)nc2C(F)(F)F)c1. The standard InChI is InChI=1S/C26H23F4NO5/c1-13(25(33)34)23(32)15-4-3-14-5-10-21(36-22(14)11-15)20-9-7-17(24(31-20)26(28,29)30)18-12-16(35-2)6-8-19(18)27/h3-4,6-9,11-13,21,23,32H,5,10H2,1-2H3,(H,33,34)/t13-,21?,23+/m0/s1. The Hall–Kier alpha value is -3.66. The van der Waals surface area contributed by atoms with Crippen LogP contribution in [0.2, 0.25) is 0 Å². The van der Waals surface area contributed by atoms with Crippen LogP contribution >= 0.6 is 0 Å². The maximum Gasteiger partial charge on any atom is 0.433 e. The second kappa shape index (κ2) is 9.77. The summed E-state index contributed by atoms with van der Waals surface area (Å²) in [6, 6.07) is 10.8. The predicted molar refractivity (Wildman–Crippen MR) is 121 cm³/mol. The van der Waals surface area contributed by atoms with Gasteiger partial charge < -0.3 is 19.7 Å². The lowest BCUT2D eigenvalue weighted by molar-refractivity contribution is -0.145. The number of benzene rings is 2. The third-order valence-electron chi connectivity index (χ3n) is 6.22. The van der Waals surface area contributed by atoms with E-state index in [0.29, 0.717) is 24.2 Å². The maximum atomic E-state index is 14.5. The molecule has 3 aromatic rings. The van der Waals surface area contributed by atoms with E-state index in [9.17, 15) is 27.5 Å². The van der Waals surface area contributed by atoms with E-state index >= 15 is 0 Å². The molecule has 1 unspecified atom stereocenters. The number of alkyl halides is 3. The van der Waals surface area contributed by atoms with Crippen LogP contribution < -0.4 is 9.47 Å². The molecule has 4 rings (SSSR count). The van der Waals surface area contributed by atoms with Gasteiger partial charge in [0.15, 0.2) is 5.69 Å². The summed E-state index contributed by atoms with van der Waals surface area (Å²) < 4.78 is 67.4. The summed E-state index contributed by atoms with van der Waals surface area (Å²) in [5.74, 6) is -2.55. The lowest BCUT2D eigenvalue weighted by Crippen LogP contribution is -2.21. The van der Waals surface area contributed by atoms with Crippen molar-refractivity contribution in [2.75, 3.05) is 7.11 Å². The number of aliphatic carboxylic acids is 1. The first kappa shape index (κ1) is 25.4. The van der Waals surface area contributed by atoms with Crippen molar-refractivity contribution < 1.29 is 42.0 Å². The summed E-state index contributed by atoms with van der Waals surface area (Å²) >= 11 is 0. The topological polar surface area (TPSA) is 88.9 Å². The first-order chi connectivity index (χ1) is 17.0. The zero-order chi connectivity index (χ0) is 26.2. The van der Waals surface area contributed by atoms with E-state index in [1.54, 1.807) is 12.1 Å². The van der Waals surface area contributed by atoms with Gasteiger partial charge in [-0.2, -0.15) is 13.2 Å². The number of pyridine rings is 1. The fraction of sp³-hybridized carbons (Fsp3) is 0.308. The quantitative estimate of drug-likeness (QED) is 0.416. The largest absolute Gasteiger partial charge is 0.497 e. The van der Waals surface area contributed by atoms with Crippen molar-refractivity contribution >= 4 is 5.97 Å². The van der Waals surface area contributed by atoms with Gasteiger partial charge in [0.1, 0.15) is 23.4 Å². The third-order valence-corrected chi connectivity index (χ3v) is 6.22. The van der Waals surface area contributed by atoms with E-state index < -0.39 is 47.3 Å². The first-order valence-corrected chi connectivity index (χ1v) is 11.1. The highest BCUT2D eigenvalue weighted by atomic mass is 19.4. The minimum Gasteiger partial charge on any atom is -0.497 e. The van der Waals surface area contributed by atoms with Gasteiger partial charge in [-0.05, 0) is 61.2 Å². The number of methoxy groups -OCH3 is 1. The number of aliphatic hydroxyl groups is 1. The summed E-state index contributed by atoms with van der Waals surface area (Å²) in [7, 11) is 1.33. The van der Waals surface area contributed by atoms with Gasteiger partial charge in [-0.25, -0.2) is 9.37 Å². The molecule has 0 spiro atoms. The number of carboxylic acids is 1. The van der Waals surface area contributed by atoms with Crippen molar-refractivity contribution in [3.05, 3.63) is 76.9 Å². The molecular weight excluding hydrogens is 482 g/mol. The van der Waals surface area contributed by atoms with E-state index in [4.69, 9.17) is 14.6 Å². The fourth-order valence-corrected chi connectivity index (χ4v) is 4.13. The van der Waals surface area contributed by atoms with Crippen LogP contribution in [0.3, 0.4) is 0 Å². The van der Waals surface area contributed by atoms with Crippen molar-refractivity contribution in [3.8, 4) is 22.6 Å². The average molecular weight is 505 g/mol. The van der Waals surface area contributed by atoms with Crippen molar-refractivity contribution in [1.29, 1.82) is 0 Å². The highest BCUT2D eigenvalue weighted by Gasteiger charge is 2.38. The lowest BCUT2D eigenvalue weighted by atomic mass is 9.93. The van der Waals surface area contributed by atoms with E-state index in [1.165, 1.54) is 38.3 Å². The number of hydrogen-bond donors (Lipinski definition) is 2. The second-order valence-electron chi connectivity index (χ2n) is 8.56. The highest BCUT2D eigenvalue weighted by molar-refractivity contribution is 5.71. The molecule has 10 heteroatoms. The number of aromatic nitrogens is 1. The first-order valence-electron chi connectivity index (χ1n) is 11.1. The molecule has 1 aliphatic rings. The molecule has 6 nitrogen and oxygen atoms in total. The van der Waals surface area contributed by atoms with Crippen LogP contribution in [-0.2, 0) is 17.4 Å². The number of hydrogen-bond acceptors (Lipinski definition) is 5. The molecule has 3 atom stereocenters. The van der Waals surface area contributed by atoms with Crippen molar-refractivity contribution in [2.45, 2.75) is 38.1 Å². The number of halogens is 4. The van der Waals surface area contributed by atoms with Crippen LogP contribution in [0.25, 0.3) is 11.1 Å². The lowest BCUT2D eigenvalue weighted by Gasteiger charge is -2.28. The molecule has 2 aromatic carbocycles. The van der Waals surface area contributed by atoms with Gasteiger partial charge in [-0.3, -0.25) is 4.79 Å². The molecule has 1 aromatic heterocycles. The zero-order valence-electron chi connectivity index (χ0n) is 19.3. The Morgan fingerprint density at radius 1 is 1.14 bits per heavy atom. The Balaban J connectivity index is 1.69. The van der Waals surface area contributed by atoms with Crippen LogP contribution in [0.5, 0.6) is 11.5 Å². The predicted octanol–water partition coefficient (Wildman–Crippen LogP) is 5.74. The van der Waals surface area contributed by atoms with Gasteiger partial charge in [0.05, 0.1) is 24.8 Å². The van der Waals surface area contributed by atoms with Crippen LogP contribution in [0.15, 0.2) is 48.5 Å². The number of carbonyl (C=O) groups is 1. The maximum absolute atomic E-state index is 14.5. The molecule has 0 fully saturated rings. The van der Waals surface area contributed by atoms with E-state index in [0.717, 1.165) is 17.7 Å².